The van der Waals surface area contributed by atoms with Crippen molar-refractivity contribution in [1.29, 1.82) is 0 Å². The Hall–Kier alpha value is -1.81. The highest BCUT2D eigenvalue weighted by Crippen LogP contribution is 2.38. The van der Waals surface area contributed by atoms with Crippen molar-refractivity contribution in [2.45, 2.75) is 66.0 Å². The highest BCUT2D eigenvalue weighted by Gasteiger charge is 2.33. The third-order valence-corrected chi connectivity index (χ3v) is 6.43. The average molecular weight is 384 g/mol. The molecule has 0 saturated heterocycles. The first-order valence-corrected chi connectivity index (χ1v) is 10.9. The summed E-state index contributed by atoms with van der Waals surface area (Å²) in [6.45, 7) is 12.7. The molecule has 28 heavy (non-hydrogen) atoms. The van der Waals surface area contributed by atoms with E-state index >= 15 is 0 Å². The van der Waals surface area contributed by atoms with Crippen LogP contribution in [0.25, 0.3) is 10.9 Å². The number of para-hydroxylation sites is 1. The van der Waals surface area contributed by atoms with Crippen molar-refractivity contribution < 1.29 is 4.79 Å². The van der Waals surface area contributed by atoms with Crippen LogP contribution in [0.5, 0.6) is 0 Å². The minimum absolute atomic E-state index is 0.178. The number of hydrogen-bond acceptors (Lipinski definition) is 2. The Morgan fingerprint density at radius 2 is 1.86 bits per heavy atom. The fraction of sp³-hybridized carbons (Fsp3) is 0.625. The van der Waals surface area contributed by atoms with Crippen molar-refractivity contribution in [1.82, 2.24) is 14.8 Å². The molecule has 1 aliphatic rings. The summed E-state index contributed by atoms with van der Waals surface area (Å²) in [6, 6.07) is 9.37. The van der Waals surface area contributed by atoms with Crippen molar-refractivity contribution in [3.63, 3.8) is 0 Å². The van der Waals surface area contributed by atoms with E-state index in [4.69, 9.17) is 0 Å². The average Bonchev–Trinajstić information content (AvgIpc) is 2.94. The summed E-state index contributed by atoms with van der Waals surface area (Å²) in [5.41, 5.74) is 4.06. The van der Waals surface area contributed by atoms with Crippen LogP contribution < -0.4 is 5.32 Å². The number of amides is 1. The van der Waals surface area contributed by atoms with Crippen LogP contribution in [0.4, 0.5) is 0 Å². The minimum Gasteiger partial charge on any atom is -0.346 e. The van der Waals surface area contributed by atoms with Gasteiger partial charge in [-0.15, -0.1) is 0 Å². The van der Waals surface area contributed by atoms with E-state index in [1.807, 2.05) is 0 Å². The lowest BCUT2D eigenvalue weighted by molar-refractivity contribution is -0.132. The van der Waals surface area contributed by atoms with Gasteiger partial charge < -0.3 is 14.8 Å². The van der Waals surface area contributed by atoms with Gasteiger partial charge in [-0.25, -0.2) is 0 Å². The molecule has 3 rings (SSSR count). The zero-order valence-electron chi connectivity index (χ0n) is 18.5. The van der Waals surface area contributed by atoms with Gasteiger partial charge in [0.05, 0.1) is 6.04 Å². The number of rotatable bonds is 7. The van der Waals surface area contributed by atoms with Crippen LogP contribution in [0.2, 0.25) is 0 Å². The predicted molar refractivity (Wildman–Crippen MR) is 117 cm³/mol. The van der Waals surface area contributed by atoms with Crippen LogP contribution in [0, 0.1) is 11.8 Å². The topological polar surface area (TPSA) is 37.3 Å². The summed E-state index contributed by atoms with van der Waals surface area (Å²) in [7, 11) is 2.16. The normalized spacial score (nSPS) is 17.2. The van der Waals surface area contributed by atoms with E-state index in [0.29, 0.717) is 17.9 Å². The summed E-state index contributed by atoms with van der Waals surface area (Å²) >= 11 is 0. The highest BCUT2D eigenvalue weighted by atomic mass is 16.2. The highest BCUT2D eigenvalue weighted by molar-refractivity contribution is 5.86. The molecule has 0 radical (unpaired) electrons. The molecule has 154 valence electrons. The number of carbonyl (C=O) groups is 1. The molecule has 4 nitrogen and oxygen atoms in total. The maximum Gasteiger partial charge on any atom is 0.220 e. The molecular weight excluding hydrogens is 346 g/mol. The Kier molecular flexibility index (Phi) is 6.49. The second kappa shape index (κ2) is 8.69. The molecule has 2 heterocycles. The molecule has 2 aromatic rings. The summed E-state index contributed by atoms with van der Waals surface area (Å²) in [5, 5.41) is 5.11. The molecule has 0 spiro atoms. The quantitative estimate of drug-likeness (QED) is 0.705. The van der Waals surface area contributed by atoms with E-state index in [-0.39, 0.29) is 11.9 Å². The lowest BCUT2D eigenvalue weighted by Crippen LogP contribution is -2.41. The van der Waals surface area contributed by atoms with E-state index in [1.165, 1.54) is 22.2 Å². The maximum atomic E-state index is 12.4. The Bertz CT molecular complexity index is 813. The zero-order valence-corrected chi connectivity index (χ0v) is 18.5. The number of aryl methyl sites for hydroxylation is 1. The number of carbonyl (C=O) groups excluding carboxylic acids is 1. The van der Waals surface area contributed by atoms with Gasteiger partial charge in [0.25, 0.3) is 0 Å². The minimum atomic E-state index is 0.178. The van der Waals surface area contributed by atoms with E-state index in [2.05, 4.69) is 73.8 Å². The van der Waals surface area contributed by atoms with Gasteiger partial charge >= 0.3 is 0 Å². The standard InChI is InChI=1S/C24H37N3O/c1-16(2)23(17(3)4)25-14-9-12-22-24-20(13-15-27(22)18(5)28)19-10-7-8-11-21(19)26(24)6/h7-8,10-11,16-17,22-23,25H,9,12-15H2,1-6H3. The molecule has 1 atom stereocenters. The Labute approximate surface area is 170 Å². The second-order valence-corrected chi connectivity index (χ2v) is 9.03. The lowest BCUT2D eigenvalue weighted by atomic mass is 9.92. The number of fused-ring (bicyclic) bond motifs is 3. The molecule has 1 aromatic heterocycles. The summed E-state index contributed by atoms with van der Waals surface area (Å²) in [5.74, 6) is 1.46. The summed E-state index contributed by atoms with van der Waals surface area (Å²) < 4.78 is 2.32. The van der Waals surface area contributed by atoms with Crippen molar-refractivity contribution in [3.05, 3.63) is 35.5 Å². The molecule has 1 aromatic carbocycles. The van der Waals surface area contributed by atoms with E-state index < -0.39 is 0 Å². The molecule has 0 fully saturated rings. The Balaban J connectivity index is 1.80. The van der Waals surface area contributed by atoms with Crippen molar-refractivity contribution in [3.8, 4) is 0 Å². The van der Waals surface area contributed by atoms with Crippen LogP contribution >= 0.6 is 0 Å². The maximum absolute atomic E-state index is 12.4. The van der Waals surface area contributed by atoms with Gasteiger partial charge in [0.15, 0.2) is 0 Å². The molecule has 1 aliphatic heterocycles. The van der Waals surface area contributed by atoms with Crippen molar-refractivity contribution in [2.24, 2.45) is 18.9 Å². The SMILES string of the molecule is CC(=O)N1CCc2c(n(C)c3ccccc23)C1CCCNC(C(C)C)C(C)C. The predicted octanol–water partition coefficient (Wildman–Crippen LogP) is 4.67. The third-order valence-electron chi connectivity index (χ3n) is 6.43. The number of nitrogens with one attached hydrogen (secondary N) is 1. The van der Waals surface area contributed by atoms with Crippen LogP contribution in [-0.4, -0.2) is 34.5 Å². The summed E-state index contributed by atoms with van der Waals surface area (Å²) in [6.07, 6.45) is 3.03. The van der Waals surface area contributed by atoms with E-state index in [0.717, 1.165) is 32.4 Å². The van der Waals surface area contributed by atoms with Crippen LogP contribution in [0.3, 0.4) is 0 Å². The zero-order chi connectivity index (χ0) is 20.4. The number of benzene rings is 1. The molecule has 0 saturated carbocycles. The molecular formula is C24H37N3O. The van der Waals surface area contributed by atoms with Gasteiger partial charge in [0.2, 0.25) is 5.91 Å². The second-order valence-electron chi connectivity index (χ2n) is 9.03. The molecule has 0 bridgehead atoms. The molecule has 1 unspecified atom stereocenters. The van der Waals surface area contributed by atoms with Crippen LogP contribution in [-0.2, 0) is 18.3 Å². The Morgan fingerprint density at radius 3 is 2.50 bits per heavy atom. The van der Waals surface area contributed by atoms with Gasteiger partial charge in [-0.3, -0.25) is 4.79 Å². The molecule has 1 amide bonds. The van der Waals surface area contributed by atoms with Crippen LogP contribution in [0.15, 0.2) is 24.3 Å². The largest absolute Gasteiger partial charge is 0.346 e. The third kappa shape index (κ3) is 3.98. The van der Waals surface area contributed by atoms with Crippen molar-refractivity contribution in [2.75, 3.05) is 13.1 Å². The van der Waals surface area contributed by atoms with Gasteiger partial charge in [0, 0.05) is 43.2 Å². The fourth-order valence-electron chi connectivity index (χ4n) is 5.19. The molecule has 4 heteroatoms. The first-order valence-electron chi connectivity index (χ1n) is 10.9. The van der Waals surface area contributed by atoms with Crippen LogP contribution in [0.1, 0.15) is 64.8 Å². The smallest absolute Gasteiger partial charge is 0.220 e. The first kappa shape index (κ1) is 20.9. The lowest BCUT2D eigenvalue weighted by Gasteiger charge is -2.36. The van der Waals surface area contributed by atoms with Gasteiger partial charge in [-0.2, -0.15) is 0 Å². The molecule has 1 N–H and O–H groups in total. The number of aromatic nitrogens is 1. The first-order chi connectivity index (χ1) is 13.3. The summed E-state index contributed by atoms with van der Waals surface area (Å²) in [4.78, 5) is 14.5. The molecule has 0 aliphatic carbocycles. The monoisotopic (exact) mass is 383 g/mol. The Morgan fingerprint density at radius 1 is 1.18 bits per heavy atom. The van der Waals surface area contributed by atoms with Gasteiger partial charge in [0.1, 0.15) is 0 Å². The number of hydrogen-bond donors (Lipinski definition) is 1. The van der Waals surface area contributed by atoms with E-state index in [9.17, 15) is 4.79 Å². The van der Waals surface area contributed by atoms with Gasteiger partial charge in [-0.1, -0.05) is 45.9 Å². The van der Waals surface area contributed by atoms with E-state index in [1.54, 1.807) is 6.92 Å². The van der Waals surface area contributed by atoms with Crippen molar-refractivity contribution >= 4 is 16.8 Å². The number of nitrogens with zero attached hydrogens (tertiary/aromatic N) is 2. The fourth-order valence-corrected chi connectivity index (χ4v) is 5.19. The van der Waals surface area contributed by atoms with Gasteiger partial charge in [-0.05, 0) is 49.3 Å².